The van der Waals surface area contributed by atoms with E-state index in [2.05, 4.69) is 203 Å². The molecule has 57 heavy (non-hydrogen) atoms. The van der Waals surface area contributed by atoms with Gasteiger partial charge in [0.25, 0.3) is 0 Å². The molecule has 1 aliphatic carbocycles. The summed E-state index contributed by atoms with van der Waals surface area (Å²) >= 11 is 0. The van der Waals surface area contributed by atoms with Gasteiger partial charge in [-0.2, -0.15) is 0 Å². The van der Waals surface area contributed by atoms with Crippen molar-refractivity contribution in [2.24, 2.45) is 0 Å². The molecule has 2 heterocycles. The van der Waals surface area contributed by atoms with Crippen molar-refractivity contribution in [2.75, 3.05) is 0 Å². The molecule has 0 N–H and O–H groups in total. The number of hydrogen-bond donors (Lipinski definition) is 0. The number of nitrogens with zero attached hydrogens (tertiary/aromatic N) is 2. The summed E-state index contributed by atoms with van der Waals surface area (Å²) in [6.45, 7) is 0. The van der Waals surface area contributed by atoms with Crippen LogP contribution in [-0.4, -0.2) is 9.13 Å². The van der Waals surface area contributed by atoms with E-state index >= 15 is 0 Å². The molecule has 0 spiro atoms. The standard InChI is InChI=1S/C55H34N2/c1-2-15-39-37(13-1)38-14-3-4-16-40(38)47-31-34(27-29-43(39)47)36-20-11-21-41-42-22-12-26-54(50(42)33-48(36)41)57-53-25-10-7-19-46(53)49-32-35(28-30-55(49)57)56-51-23-8-5-17-44(51)45-18-6-9-24-52(45)56/h1-32H,33H2. The van der Waals surface area contributed by atoms with Crippen molar-refractivity contribution in [1.29, 1.82) is 0 Å². The third kappa shape index (κ3) is 4.24. The summed E-state index contributed by atoms with van der Waals surface area (Å²) in [4.78, 5) is 0. The Bertz CT molecular complexity index is 3580. The maximum atomic E-state index is 2.51. The fraction of sp³-hybridized carbons (Fsp3) is 0.0182. The second kappa shape index (κ2) is 11.6. The largest absolute Gasteiger partial charge is 0.309 e. The van der Waals surface area contributed by atoms with Crippen LogP contribution in [0, 0.1) is 0 Å². The molecule has 0 unspecified atom stereocenters. The molecule has 0 radical (unpaired) electrons. The molecule has 264 valence electrons. The summed E-state index contributed by atoms with van der Waals surface area (Å²) in [6, 6.07) is 72.1. The van der Waals surface area contributed by atoms with Crippen LogP contribution in [-0.2, 0) is 6.42 Å². The Labute approximate surface area is 329 Å². The van der Waals surface area contributed by atoms with Crippen LogP contribution in [0.25, 0.3) is 110 Å². The molecule has 2 aromatic heterocycles. The first kappa shape index (κ1) is 30.9. The van der Waals surface area contributed by atoms with E-state index in [0.29, 0.717) is 0 Å². The predicted octanol–water partition coefficient (Wildman–Crippen LogP) is 14.6. The van der Waals surface area contributed by atoms with Crippen LogP contribution in [0.2, 0.25) is 0 Å². The van der Waals surface area contributed by atoms with E-state index in [9.17, 15) is 0 Å². The number of para-hydroxylation sites is 3. The Kier molecular flexibility index (Phi) is 6.25. The van der Waals surface area contributed by atoms with E-state index in [0.717, 1.165) is 6.42 Å². The van der Waals surface area contributed by atoms with Crippen LogP contribution < -0.4 is 0 Å². The fourth-order valence-corrected chi connectivity index (χ4v) is 10.3. The zero-order valence-corrected chi connectivity index (χ0v) is 31.1. The van der Waals surface area contributed by atoms with Crippen LogP contribution in [0.15, 0.2) is 194 Å². The lowest BCUT2D eigenvalue weighted by Gasteiger charge is -2.14. The second-order valence-corrected chi connectivity index (χ2v) is 15.6. The minimum absolute atomic E-state index is 0.876. The van der Waals surface area contributed by atoms with Crippen molar-refractivity contribution in [1.82, 2.24) is 9.13 Å². The lowest BCUT2D eigenvalue weighted by atomic mass is 9.90. The van der Waals surface area contributed by atoms with E-state index in [1.54, 1.807) is 0 Å². The van der Waals surface area contributed by atoms with Crippen LogP contribution in [0.1, 0.15) is 11.1 Å². The molecule has 2 nitrogen and oxygen atoms in total. The average molecular weight is 723 g/mol. The maximum Gasteiger partial charge on any atom is 0.0542 e. The smallest absolute Gasteiger partial charge is 0.0542 e. The Balaban J connectivity index is 0.984. The summed E-state index contributed by atoms with van der Waals surface area (Å²) < 4.78 is 4.94. The summed E-state index contributed by atoms with van der Waals surface area (Å²) in [5, 5.41) is 12.9. The molecule has 0 atom stereocenters. The highest BCUT2D eigenvalue weighted by atomic mass is 15.0. The molecular weight excluding hydrogens is 689 g/mol. The third-order valence-electron chi connectivity index (χ3n) is 12.8. The van der Waals surface area contributed by atoms with Crippen molar-refractivity contribution in [3.8, 4) is 33.6 Å². The normalized spacial score (nSPS) is 12.5. The van der Waals surface area contributed by atoms with Gasteiger partial charge in [-0.25, -0.2) is 0 Å². The van der Waals surface area contributed by atoms with Crippen molar-refractivity contribution in [3.05, 3.63) is 205 Å². The highest BCUT2D eigenvalue weighted by Crippen LogP contribution is 2.47. The van der Waals surface area contributed by atoms with Gasteiger partial charge in [0.15, 0.2) is 0 Å². The Morgan fingerprint density at radius 3 is 1.40 bits per heavy atom. The van der Waals surface area contributed by atoms with E-state index in [1.165, 1.54) is 121 Å². The first-order valence-corrected chi connectivity index (χ1v) is 19.9. The highest BCUT2D eigenvalue weighted by molar-refractivity contribution is 6.26. The topological polar surface area (TPSA) is 9.86 Å². The monoisotopic (exact) mass is 722 g/mol. The summed E-state index contributed by atoms with van der Waals surface area (Å²) in [6.07, 6.45) is 0.876. The van der Waals surface area contributed by atoms with Gasteiger partial charge in [0.2, 0.25) is 0 Å². The second-order valence-electron chi connectivity index (χ2n) is 15.6. The zero-order valence-electron chi connectivity index (χ0n) is 31.1. The minimum atomic E-state index is 0.876. The molecule has 10 aromatic carbocycles. The lowest BCUT2D eigenvalue weighted by Crippen LogP contribution is -1.99. The number of aromatic nitrogens is 2. The van der Waals surface area contributed by atoms with Crippen LogP contribution in [0.5, 0.6) is 0 Å². The van der Waals surface area contributed by atoms with Crippen LogP contribution >= 0.6 is 0 Å². The van der Waals surface area contributed by atoms with Gasteiger partial charge in [-0.3, -0.25) is 0 Å². The first-order valence-electron chi connectivity index (χ1n) is 19.9. The summed E-state index contributed by atoms with van der Waals surface area (Å²) in [5.74, 6) is 0. The molecule has 0 saturated carbocycles. The average Bonchev–Trinajstić information content (AvgIpc) is 3.94. The van der Waals surface area contributed by atoms with Gasteiger partial charge in [-0.05, 0) is 114 Å². The number of fused-ring (bicyclic) bond motifs is 15. The zero-order chi connectivity index (χ0) is 37.2. The van der Waals surface area contributed by atoms with Gasteiger partial charge >= 0.3 is 0 Å². The van der Waals surface area contributed by atoms with Crippen LogP contribution in [0.4, 0.5) is 0 Å². The Morgan fingerprint density at radius 2 is 0.754 bits per heavy atom. The number of rotatable bonds is 3. The van der Waals surface area contributed by atoms with Gasteiger partial charge in [0.05, 0.1) is 27.8 Å². The van der Waals surface area contributed by atoms with Crippen molar-refractivity contribution >= 4 is 75.9 Å². The molecule has 0 amide bonds. The van der Waals surface area contributed by atoms with Crippen molar-refractivity contribution in [3.63, 3.8) is 0 Å². The van der Waals surface area contributed by atoms with Crippen molar-refractivity contribution < 1.29 is 0 Å². The highest BCUT2D eigenvalue weighted by Gasteiger charge is 2.26. The molecule has 1 aliphatic rings. The molecular formula is C55H34N2. The van der Waals surface area contributed by atoms with E-state index in [4.69, 9.17) is 0 Å². The molecule has 0 aliphatic heterocycles. The molecule has 2 heteroatoms. The predicted molar refractivity (Wildman–Crippen MR) is 241 cm³/mol. The number of benzene rings is 10. The third-order valence-corrected chi connectivity index (χ3v) is 12.8. The van der Waals surface area contributed by atoms with Crippen molar-refractivity contribution in [2.45, 2.75) is 6.42 Å². The molecule has 0 bridgehead atoms. The maximum absolute atomic E-state index is 2.51. The lowest BCUT2D eigenvalue weighted by molar-refractivity contribution is 1.12. The molecule has 12 aromatic rings. The van der Waals surface area contributed by atoms with Gasteiger partial charge in [-0.15, -0.1) is 0 Å². The molecule has 0 fully saturated rings. The van der Waals surface area contributed by atoms with E-state index in [1.807, 2.05) is 0 Å². The van der Waals surface area contributed by atoms with Gasteiger partial charge in [0.1, 0.15) is 0 Å². The molecule has 0 saturated heterocycles. The summed E-state index contributed by atoms with van der Waals surface area (Å²) in [7, 11) is 0. The molecule has 13 rings (SSSR count). The Morgan fingerprint density at radius 1 is 0.281 bits per heavy atom. The Hall–Kier alpha value is -7.42. The SMILES string of the molecule is c1cc(-c2ccc3c4ccccc4c4ccccc4c3c2)c2c(c1)-c1cccc(-n3c4ccccc4c4cc(-n5c6ccccc6c6ccccc65)ccc43)c1C2. The van der Waals surface area contributed by atoms with E-state index in [-0.39, 0.29) is 0 Å². The fourth-order valence-electron chi connectivity index (χ4n) is 10.3. The first-order chi connectivity index (χ1) is 28.3. The quantitative estimate of drug-likeness (QED) is 0.161. The van der Waals surface area contributed by atoms with E-state index < -0.39 is 0 Å². The van der Waals surface area contributed by atoms with Crippen LogP contribution in [0.3, 0.4) is 0 Å². The summed E-state index contributed by atoms with van der Waals surface area (Å²) in [5.41, 5.74) is 15.4. The van der Waals surface area contributed by atoms with Gasteiger partial charge < -0.3 is 9.13 Å². The van der Waals surface area contributed by atoms with Gasteiger partial charge in [0, 0.05) is 33.7 Å². The minimum Gasteiger partial charge on any atom is -0.309 e. The number of hydrogen-bond acceptors (Lipinski definition) is 0. The van der Waals surface area contributed by atoms with Gasteiger partial charge in [-0.1, -0.05) is 146 Å².